The quantitative estimate of drug-likeness (QED) is 0.188. The van der Waals surface area contributed by atoms with E-state index in [0.717, 1.165) is 25.7 Å². The highest BCUT2D eigenvalue weighted by atomic mass is 16.5. The van der Waals surface area contributed by atoms with Crippen LogP contribution in [-0.4, -0.2) is 5.97 Å². The lowest BCUT2D eigenvalue weighted by Crippen LogP contribution is -2.00. The number of carbonyl (C=O) groups is 1. The van der Waals surface area contributed by atoms with E-state index in [-0.39, 0.29) is 11.9 Å². The van der Waals surface area contributed by atoms with Crippen LogP contribution in [0.1, 0.15) is 65.2 Å². The average Bonchev–Trinajstić information content (AvgIpc) is 3.37. The van der Waals surface area contributed by atoms with Gasteiger partial charge in [0.1, 0.15) is 0 Å². The summed E-state index contributed by atoms with van der Waals surface area (Å²) in [6, 6.07) is 0. The summed E-state index contributed by atoms with van der Waals surface area (Å²) in [4.78, 5) is 11.3. The van der Waals surface area contributed by atoms with E-state index in [1.54, 1.807) is 0 Å². The molecular formula is C21H32O2. The van der Waals surface area contributed by atoms with Gasteiger partial charge < -0.3 is 4.74 Å². The Bertz CT molecular complexity index is 425. The minimum atomic E-state index is -0.0788. The molecule has 0 spiro atoms. The second-order valence-electron chi connectivity index (χ2n) is 6.24. The van der Waals surface area contributed by atoms with Crippen molar-refractivity contribution in [2.45, 2.75) is 65.2 Å². The van der Waals surface area contributed by atoms with Crippen molar-refractivity contribution in [2.24, 2.45) is 11.8 Å². The predicted molar refractivity (Wildman–Crippen MR) is 97.9 cm³/mol. The lowest BCUT2D eigenvalue weighted by molar-refractivity contribution is -0.139. The molecular weight excluding hydrogens is 284 g/mol. The minimum Gasteiger partial charge on any atom is -0.435 e. The van der Waals surface area contributed by atoms with Crippen LogP contribution >= 0.6 is 0 Å². The second-order valence-corrected chi connectivity index (χ2v) is 6.24. The van der Waals surface area contributed by atoms with Crippen molar-refractivity contribution in [3.8, 4) is 0 Å². The Balaban J connectivity index is 2.00. The molecule has 23 heavy (non-hydrogen) atoms. The number of unbranched alkanes of at least 4 members (excludes halogenated alkanes) is 3. The minimum absolute atomic E-state index is 0.0788. The highest BCUT2D eigenvalue weighted by Gasteiger charge is 2.30. The maximum absolute atomic E-state index is 11.3. The van der Waals surface area contributed by atoms with Crippen LogP contribution in [0.15, 0.2) is 48.8 Å². The van der Waals surface area contributed by atoms with Gasteiger partial charge >= 0.3 is 5.97 Å². The van der Waals surface area contributed by atoms with Gasteiger partial charge in [0.15, 0.2) is 0 Å². The first kappa shape index (κ1) is 19.5. The largest absolute Gasteiger partial charge is 0.435 e. The zero-order valence-corrected chi connectivity index (χ0v) is 14.7. The summed E-state index contributed by atoms with van der Waals surface area (Å²) in [5, 5.41) is 0. The Morgan fingerprint density at radius 1 is 1.04 bits per heavy atom. The standard InChI is InChI=1S/C21H32O2/c1-3-4-5-8-11-14-19(2)15-12-9-6-7-10-13-18-23-21(22)20-16-17-20/h6-7,11-15,18-20H,3-5,8-10,16-17H2,1-2H3. The molecule has 1 saturated carbocycles. The van der Waals surface area contributed by atoms with E-state index in [2.05, 4.69) is 50.3 Å². The SMILES string of the molecule is CCCCCC=CC(C)C=CCC=CCC=COC(=O)C1CC1. The Morgan fingerprint density at radius 3 is 2.43 bits per heavy atom. The number of ether oxygens (including phenoxy) is 1. The highest BCUT2D eigenvalue weighted by Crippen LogP contribution is 2.30. The van der Waals surface area contributed by atoms with Gasteiger partial charge in [-0.2, -0.15) is 0 Å². The fourth-order valence-corrected chi connectivity index (χ4v) is 2.12. The molecule has 0 aromatic heterocycles. The molecule has 0 amide bonds. The first-order chi connectivity index (χ1) is 11.2. The molecule has 0 heterocycles. The van der Waals surface area contributed by atoms with Crippen molar-refractivity contribution in [3.05, 3.63) is 48.8 Å². The molecule has 2 heteroatoms. The summed E-state index contributed by atoms with van der Waals surface area (Å²) in [5.74, 6) is 0.597. The summed E-state index contributed by atoms with van der Waals surface area (Å²) in [6.07, 6.45) is 25.5. The molecule has 1 unspecified atom stereocenters. The molecule has 1 aliphatic carbocycles. The first-order valence-corrected chi connectivity index (χ1v) is 9.07. The maximum atomic E-state index is 11.3. The van der Waals surface area contributed by atoms with E-state index in [1.807, 2.05) is 6.08 Å². The van der Waals surface area contributed by atoms with Crippen LogP contribution in [0.25, 0.3) is 0 Å². The average molecular weight is 316 g/mol. The lowest BCUT2D eigenvalue weighted by Gasteiger charge is -1.97. The monoisotopic (exact) mass is 316 g/mol. The number of hydrogen-bond donors (Lipinski definition) is 0. The second kappa shape index (κ2) is 12.9. The summed E-state index contributed by atoms with van der Waals surface area (Å²) in [7, 11) is 0. The molecule has 1 fully saturated rings. The number of esters is 1. The molecule has 0 aliphatic heterocycles. The van der Waals surface area contributed by atoms with Gasteiger partial charge in [0.2, 0.25) is 0 Å². The van der Waals surface area contributed by atoms with Crippen LogP contribution < -0.4 is 0 Å². The first-order valence-electron chi connectivity index (χ1n) is 9.07. The summed E-state index contributed by atoms with van der Waals surface area (Å²) < 4.78 is 5.01. The number of hydrogen-bond acceptors (Lipinski definition) is 2. The molecule has 0 aromatic rings. The van der Waals surface area contributed by atoms with Crippen LogP contribution in [0, 0.1) is 11.8 Å². The molecule has 128 valence electrons. The van der Waals surface area contributed by atoms with Gasteiger partial charge in [-0.05, 0) is 50.5 Å². The van der Waals surface area contributed by atoms with Crippen LogP contribution in [0.4, 0.5) is 0 Å². The number of rotatable bonds is 12. The zero-order chi connectivity index (χ0) is 16.8. The van der Waals surface area contributed by atoms with Gasteiger partial charge in [0.25, 0.3) is 0 Å². The van der Waals surface area contributed by atoms with Gasteiger partial charge in [-0.15, -0.1) is 0 Å². The lowest BCUT2D eigenvalue weighted by atomic mass is 10.1. The molecule has 1 atom stereocenters. The molecule has 1 aliphatic rings. The Hall–Kier alpha value is -1.57. The number of carbonyl (C=O) groups excluding carboxylic acids is 1. The van der Waals surface area contributed by atoms with Crippen molar-refractivity contribution in [1.82, 2.24) is 0 Å². The highest BCUT2D eigenvalue weighted by molar-refractivity contribution is 5.75. The van der Waals surface area contributed by atoms with Crippen molar-refractivity contribution >= 4 is 5.97 Å². The molecule has 0 saturated heterocycles. The van der Waals surface area contributed by atoms with Gasteiger partial charge in [0, 0.05) is 0 Å². The third-order valence-electron chi connectivity index (χ3n) is 3.76. The fraction of sp³-hybridized carbons (Fsp3) is 0.571. The molecule has 0 N–H and O–H groups in total. The van der Waals surface area contributed by atoms with Gasteiger partial charge in [-0.25, -0.2) is 0 Å². The number of allylic oxidation sites excluding steroid dienone is 7. The van der Waals surface area contributed by atoms with Crippen molar-refractivity contribution in [2.75, 3.05) is 0 Å². The molecule has 0 radical (unpaired) electrons. The Kier molecular flexibility index (Phi) is 10.9. The van der Waals surface area contributed by atoms with E-state index < -0.39 is 0 Å². The summed E-state index contributed by atoms with van der Waals surface area (Å²) >= 11 is 0. The Labute approximate surface area is 142 Å². The van der Waals surface area contributed by atoms with Gasteiger partial charge in [0.05, 0.1) is 12.2 Å². The smallest absolute Gasteiger partial charge is 0.313 e. The van der Waals surface area contributed by atoms with Crippen molar-refractivity contribution in [1.29, 1.82) is 0 Å². The van der Waals surface area contributed by atoms with Crippen LogP contribution in [0.3, 0.4) is 0 Å². The van der Waals surface area contributed by atoms with E-state index in [9.17, 15) is 4.79 Å². The molecule has 1 rings (SSSR count). The maximum Gasteiger partial charge on any atom is 0.313 e. The topological polar surface area (TPSA) is 26.3 Å². The normalized spacial score (nSPS) is 17.0. The van der Waals surface area contributed by atoms with Crippen LogP contribution in [-0.2, 0) is 9.53 Å². The van der Waals surface area contributed by atoms with Crippen molar-refractivity contribution in [3.63, 3.8) is 0 Å². The fourth-order valence-electron chi connectivity index (χ4n) is 2.12. The predicted octanol–water partition coefficient (Wildman–Crippen LogP) is 6.12. The van der Waals surface area contributed by atoms with E-state index in [0.29, 0.717) is 5.92 Å². The molecule has 2 nitrogen and oxygen atoms in total. The molecule has 0 bridgehead atoms. The zero-order valence-electron chi connectivity index (χ0n) is 14.7. The Morgan fingerprint density at radius 2 is 1.74 bits per heavy atom. The van der Waals surface area contributed by atoms with E-state index in [4.69, 9.17) is 4.74 Å². The summed E-state index contributed by atoms with van der Waals surface area (Å²) in [5.41, 5.74) is 0. The third-order valence-corrected chi connectivity index (χ3v) is 3.76. The summed E-state index contributed by atoms with van der Waals surface area (Å²) in [6.45, 7) is 4.45. The third kappa shape index (κ3) is 11.6. The van der Waals surface area contributed by atoms with E-state index >= 15 is 0 Å². The van der Waals surface area contributed by atoms with Gasteiger partial charge in [-0.1, -0.05) is 63.1 Å². The molecule has 0 aromatic carbocycles. The van der Waals surface area contributed by atoms with Gasteiger partial charge in [-0.3, -0.25) is 4.79 Å². The van der Waals surface area contributed by atoms with Crippen LogP contribution in [0.2, 0.25) is 0 Å². The van der Waals surface area contributed by atoms with E-state index in [1.165, 1.54) is 31.9 Å². The van der Waals surface area contributed by atoms with Crippen LogP contribution in [0.5, 0.6) is 0 Å². The van der Waals surface area contributed by atoms with Crippen molar-refractivity contribution < 1.29 is 9.53 Å².